The summed E-state index contributed by atoms with van der Waals surface area (Å²) in [5.74, 6) is 0.751. The lowest BCUT2D eigenvalue weighted by Gasteiger charge is -2.22. The summed E-state index contributed by atoms with van der Waals surface area (Å²) < 4.78 is 16.9. The van der Waals surface area contributed by atoms with Crippen molar-refractivity contribution < 1.29 is 18.7 Å². The number of aryl methyl sites for hydroxylation is 1. The lowest BCUT2D eigenvalue weighted by molar-refractivity contribution is 0.0970. The summed E-state index contributed by atoms with van der Waals surface area (Å²) in [6.45, 7) is 4.37. The molecule has 0 radical (unpaired) electrons. The molecule has 1 amide bonds. The molecule has 1 aliphatic heterocycles. The summed E-state index contributed by atoms with van der Waals surface area (Å²) in [7, 11) is 1.53. The number of fused-ring (bicyclic) bond motifs is 2. The van der Waals surface area contributed by atoms with Crippen LogP contribution in [0, 0.1) is 0 Å². The van der Waals surface area contributed by atoms with Gasteiger partial charge in [0, 0.05) is 6.07 Å². The Labute approximate surface area is 193 Å². The van der Waals surface area contributed by atoms with E-state index in [1.165, 1.54) is 23.3 Å². The number of amides is 1. The quantitative estimate of drug-likeness (QED) is 0.419. The molecule has 1 aliphatic rings. The highest BCUT2D eigenvalue weighted by atomic mass is 32.1. The molecular weight excluding hydrogens is 442 g/mol. The highest BCUT2D eigenvalue weighted by Crippen LogP contribution is 2.43. The third kappa shape index (κ3) is 3.45. The van der Waals surface area contributed by atoms with Crippen molar-refractivity contribution >= 4 is 33.3 Å². The minimum atomic E-state index is -0.715. The average Bonchev–Trinajstić information content (AvgIpc) is 3.42. The molecule has 0 N–H and O–H groups in total. The number of nitrogens with zero attached hydrogens (tertiary/aromatic N) is 3. The van der Waals surface area contributed by atoms with Crippen LogP contribution in [0.1, 0.15) is 46.6 Å². The lowest BCUT2D eigenvalue weighted by atomic mass is 9.98. The first-order valence-electron chi connectivity index (χ1n) is 10.6. The molecule has 0 bridgehead atoms. The summed E-state index contributed by atoms with van der Waals surface area (Å²) in [5, 5.41) is 10.0. The van der Waals surface area contributed by atoms with Crippen LogP contribution < -0.4 is 19.8 Å². The van der Waals surface area contributed by atoms with Gasteiger partial charge in [0.2, 0.25) is 10.9 Å². The average molecular weight is 464 g/mol. The van der Waals surface area contributed by atoms with E-state index in [2.05, 4.69) is 10.2 Å². The Kier molecular flexibility index (Phi) is 5.33. The third-order valence-corrected chi connectivity index (χ3v) is 6.60. The standard InChI is InChI=1S/C24H21N3O5S/c1-4-18-25-26-24(33-18)27-20(13-7-6-8-15(11-13)31-5-2)19-21(28)16-10-9-14(30-3)12-17(16)32-22(19)23(27)29/h6-12,20H,4-5H2,1-3H3. The second-order valence-corrected chi connectivity index (χ2v) is 8.49. The van der Waals surface area contributed by atoms with Crippen molar-refractivity contribution in [3.05, 3.63) is 74.6 Å². The molecule has 9 heteroatoms. The molecule has 4 aromatic rings. The zero-order valence-corrected chi connectivity index (χ0v) is 19.1. The number of aromatic nitrogens is 2. The molecule has 2 aromatic carbocycles. The molecular formula is C24H21N3O5S. The number of ether oxygens (including phenoxy) is 2. The summed E-state index contributed by atoms with van der Waals surface area (Å²) in [4.78, 5) is 28.8. The first-order valence-corrected chi connectivity index (χ1v) is 11.4. The van der Waals surface area contributed by atoms with Gasteiger partial charge in [-0.3, -0.25) is 14.5 Å². The van der Waals surface area contributed by atoms with Gasteiger partial charge in [-0.2, -0.15) is 0 Å². The van der Waals surface area contributed by atoms with E-state index in [1.807, 2.05) is 38.1 Å². The predicted molar refractivity (Wildman–Crippen MR) is 125 cm³/mol. The molecule has 0 saturated carbocycles. The number of hydrogen-bond donors (Lipinski definition) is 0. The third-order valence-electron chi connectivity index (χ3n) is 5.53. The van der Waals surface area contributed by atoms with Crippen LogP contribution in [-0.2, 0) is 6.42 Å². The second kappa shape index (κ2) is 8.32. The lowest BCUT2D eigenvalue weighted by Crippen LogP contribution is -2.29. The minimum Gasteiger partial charge on any atom is -0.497 e. The van der Waals surface area contributed by atoms with Crippen LogP contribution in [0.2, 0.25) is 0 Å². The topological polar surface area (TPSA) is 94.8 Å². The monoisotopic (exact) mass is 463 g/mol. The van der Waals surface area contributed by atoms with E-state index in [4.69, 9.17) is 13.9 Å². The van der Waals surface area contributed by atoms with E-state index in [1.54, 1.807) is 18.2 Å². The van der Waals surface area contributed by atoms with Gasteiger partial charge in [-0.05, 0) is 43.2 Å². The van der Waals surface area contributed by atoms with Crippen LogP contribution in [0.25, 0.3) is 11.0 Å². The fourth-order valence-corrected chi connectivity index (χ4v) is 4.82. The first kappa shape index (κ1) is 21.1. The molecule has 5 rings (SSSR count). The van der Waals surface area contributed by atoms with Crippen molar-refractivity contribution in [3.8, 4) is 11.5 Å². The van der Waals surface area contributed by atoms with Crippen molar-refractivity contribution in [2.24, 2.45) is 0 Å². The molecule has 1 unspecified atom stereocenters. The van der Waals surface area contributed by atoms with Crippen LogP contribution in [0.15, 0.2) is 51.7 Å². The summed E-state index contributed by atoms with van der Waals surface area (Å²) >= 11 is 1.32. The second-order valence-electron chi connectivity index (χ2n) is 7.45. The first-order chi connectivity index (χ1) is 16.0. The van der Waals surface area contributed by atoms with E-state index < -0.39 is 11.9 Å². The maximum Gasteiger partial charge on any atom is 0.297 e. The number of hydrogen-bond acceptors (Lipinski definition) is 8. The van der Waals surface area contributed by atoms with E-state index in [0.717, 1.165) is 10.6 Å². The summed E-state index contributed by atoms with van der Waals surface area (Å²) in [5.41, 5.74) is 1.03. The molecule has 33 heavy (non-hydrogen) atoms. The number of benzene rings is 2. The molecule has 0 fully saturated rings. The molecule has 0 spiro atoms. The van der Waals surface area contributed by atoms with Crippen molar-refractivity contribution in [1.29, 1.82) is 0 Å². The highest BCUT2D eigenvalue weighted by Gasteiger charge is 2.45. The largest absolute Gasteiger partial charge is 0.497 e. The van der Waals surface area contributed by atoms with Gasteiger partial charge in [0.1, 0.15) is 22.1 Å². The highest BCUT2D eigenvalue weighted by molar-refractivity contribution is 7.15. The van der Waals surface area contributed by atoms with E-state index in [9.17, 15) is 9.59 Å². The van der Waals surface area contributed by atoms with E-state index >= 15 is 0 Å². The number of methoxy groups -OCH3 is 1. The Morgan fingerprint density at radius 2 is 1.94 bits per heavy atom. The van der Waals surface area contributed by atoms with Crippen LogP contribution in [0.4, 0.5) is 5.13 Å². The Balaban J connectivity index is 1.77. The molecule has 2 aromatic heterocycles. The molecule has 0 aliphatic carbocycles. The summed E-state index contributed by atoms with van der Waals surface area (Å²) in [6.07, 6.45) is 0.692. The SMILES string of the molecule is CCOc1cccc(C2c3c(oc4cc(OC)ccc4c3=O)C(=O)N2c2nnc(CC)s2)c1. The number of anilines is 1. The molecule has 0 saturated heterocycles. The van der Waals surface area contributed by atoms with E-state index in [0.29, 0.717) is 40.6 Å². The Hall–Kier alpha value is -3.72. The summed E-state index contributed by atoms with van der Waals surface area (Å²) in [6, 6.07) is 11.6. The molecule has 168 valence electrons. The fraction of sp³-hybridized carbons (Fsp3) is 0.250. The van der Waals surface area contributed by atoms with Crippen molar-refractivity contribution in [2.45, 2.75) is 26.3 Å². The maximum atomic E-state index is 13.7. The predicted octanol–water partition coefficient (Wildman–Crippen LogP) is 4.36. The smallest absolute Gasteiger partial charge is 0.297 e. The Morgan fingerprint density at radius 3 is 2.67 bits per heavy atom. The Bertz CT molecular complexity index is 1430. The van der Waals surface area contributed by atoms with Crippen LogP contribution >= 0.6 is 11.3 Å². The van der Waals surface area contributed by atoms with Gasteiger partial charge in [0.15, 0.2) is 5.43 Å². The number of carbonyl (C=O) groups is 1. The van der Waals surface area contributed by atoms with Gasteiger partial charge >= 0.3 is 0 Å². The Morgan fingerprint density at radius 1 is 1.09 bits per heavy atom. The van der Waals surface area contributed by atoms with Crippen molar-refractivity contribution in [3.63, 3.8) is 0 Å². The molecule has 8 nitrogen and oxygen atoms in total. The van der Waals surface area contributed by atoms with Gasteiger partial charge in [-0.1, -0.05) is 30.4 Å². The van der Waals surface area contributed by atoms with Gasteiger partial charge in [0.25, 0.3) is 5.91 Å². The zero-order chi connectivity index (χ0) is 23.1. The number of rotatable bonds is 6. The molecule has 3 heterocycles. The van der Waals surface area contributed by atoms with Gasteiger partial charge < -0.3 is 13.9 Å². The molecule has 1 atom stereocenters. The normalized spacial score (nSPS) is 15.2. The van der Waals surface area contributed by atoms with Crippen LogP contribution in [0.5, 0.6) is 11.5 Å². The van der Waals surface area contributed by atoms with Crippen LogP contribution in [0.3, 0.4) is 0 Å². The van der Waals surface area contributed by atoms with E-state index in [-0.39, 0.29) is 16.8 Å². The van der Waals surface area contributed by atoms with Crippen LogP contribution in [-0.4, -0.2) is 29.8 Å². The van der Waals surface area contributed by atoms with Crippen molar-refractivity contribution in [1.82, 2.24) is 10.2 Å². The van der Waals surface area contributed by atoms with Gasteiger partial charge in [-0.15, -0.1) is 10.2 Å². The van der Waals surface area contributed by atoms with Crippen molar-refractivity contribution in [2.75, 3.05) is 18.6 Å². The number of carbonyl (C=O) groups excluding carboxylic acids is 1. The fourth-order valence-electron chi connectivity index (χ4n) is 4.02. The van der Waals surface area contributed by atoms with Gasteiger partial charge in [-0.25, -0.2) is 0 Å². The van der Waals surface area contributed by atoms with Gasteiger partial charge in [0.05, 0.1) is 30.7 Å². The maximum absolute atomic E-state index is 13.7. The zero-order valence-electron chi connectivity index (χ0n) is 18.3. The minimum absolute atomic E-state index is 0.000754.